The average molecular weight is 409 g/mol. The lowest BCUT2D eigenvalue weighted by Gasteiger charge is -2.36. The van der Waals surface area contributed by atoms with Gasteiger partial charge in [0.05, 0.1) is 13.2 Å². The van der Waals surface area contributed by atoms with E-state index < -0.39 is 0 Å². The minimum Gasteiger partial charge on any atom is -0.497 e. The van der Waals surface area contributed by atoms with Crippen LogP contribution in [0.25, 0.3) is 0 Å². The van der Waals surface area contributed by atoms with E-state index in [9.17, 15) is 4.79 Å². The molecule has 0 N–H and O–H groups in total. The zero-order valence-corrected chi connectivity index (χ0v) is 17.6. The van der Waals surface area contributed by atoms with Gasteiger partial charge in [0.1, 0.15) is 5.75 Å². The van der Waals surface area contributed by atoms with Gasteiger partial charge in [0.2, 0.25) is 17.7 Å². The van der Waals surface area contributed by atoms with Crippen LogP contribution in [0.2, 0.25) is 0 Å². The van der Waals surface area contributed by atoms with Gasteiger partial charge < -0.3 is 18.6 Å². The predicted octanol–water partition coefficient (Wildman–Crippen LogP) is 3.59. The highest BCUT2D eigenvalue weighted by Crippen LogP contribution is 2.29. The van der Waals surface area contributed by atoms with Crippen LogP contribution in [0.15, 0.2) is 47.0 Å². The maximum Gasteiger partial charge on any atom is 0.223 e. The van der Waals surface area contributed by atoms with Crippen molar-refractivity contribution >= 4 is 5.91 Å². The lowest BCUT2D eigenvalue weighted by Crippen LogP contribution is -2.41. The fourth-order valence-electron chi connectivity index (χ4n) is 4.08. The highest BCUT2D eigenvalue weighted by atomic mass is 16.5. The molecule has 0 saturated heterocycles. The molecule has 0 spiro atoms. The summed E-state index contributed by atoms with van der Waals surface area (Å²) in [5.74, 6) is 2.13. The minimum atomic E-state index is 0.143. The lowest BCUT2D eigenvalue weighted by molar-refractivity contribution is -0.135. The van der Waals surface area contributed by atoms with E-state index in [4.69, 9.17) is 9.15 Å². The van der Waals surface area contributed by atoms with Crippen LogP contribution in [0.1, 0.15) is 48.8 Å². The van der Waals surface area contributed by atoms with E-state index in [1.807, 2.05) is 29.2 Å². The Labute approximate surface area is 176 Å². The summed E-state index contributed by atoms with van der Waals surface area (Å²) in [6.45, 7) is 3.72. The average Bonchev–Trinajstić information content (AvgIpc) is 3.45. The largest absolute Gasteiger partial charge is 0.497 e. The number of aromatic nitrogens is 3. The van der Waals surface area contributed by atoms with E-state index in [0.717, 1.165) is 31.7 Å². The number of ether oxygens (including phenoxy) is 1. The van der Waals surface area contributed by atoms with Crippen molar-refractivity contribution in [2.75, 3.05) is 13.7 Å². The van der Waals surface area contributed by atoms with Crippen LogP contribution in [0.4, 0.5) is 0 Å². The first kappa shape index (κ1) is 20.2. The topological polar surface area (TPSA) is 73.4 Å². The van der Waals surface area contributed by atoms with E-state index >= 15 is 0 Å². The number of benzene rings is 1. The van der Waals surface area contributed by atoms with Gasteiger partial charge in [0.25, 0.3) is 0 Å². The van der Waals surface area contributed by atoms with Gasteiger partial charge in [-0.05, 0) is 42.7 Å². The Hall–Kier alpha value is -3.09. The highest BCUT2D eigenvalue weighted by molar-refractivity contribution is 5.77. The minimum absolute atomic E-state index is 0.143. The molecule has 0 saturated carbocycles. The molecular weight excluding hydrogens is 380 g/mol. The highest BCUT2D eigenvalue weighted by Gasteiger charge is 2.29. The van der Waals surface area contributed by atoms with Crippen LogP contribution in [0.3, 0.4) is 0 Å². The first-order chi connectivity index (χ1) is 14.7. The van der Waals surface area contributed by atoms with Crippen molar-refractivity contribution in [3.05, 3.63) is 65.6 Å². The monoisotopic (exact) mass is 408 g/mol. The van der Waals surface area contributed by atoms with Crippen molar-refractivity contribution in [1.82, 2.24) is 19.7 Å². The maximum atomic E-state index is 12.9. The number of amides is 1. The van der Waals surface area contributed by atoms with Crippen LogP contribution >= 0.6 is 0 Å². The molecule has 158 valence electrons. The lowest BCUT2D eigenvalue weighted by atomic mass is 10.1. The number of carbonyl (C=O) groups is 1. The Balaban J connectivity index is 1.29. The van der Waals surface area contributed by atoms with Crippen molar-refractivity contribution in [2.45, 2.75) is 51.6 Å². The summed E-state index contributed by atoms with van der Waals surface area (Å²) in [5, 5.41) is 8.27. The molecular formula is C23H28N4O3. The third-order valence-electron chi connectivity index (χ3n) is 5.72. The second kappa shape index (κ2) is 9.15. The van der Waals surface area contributed by atoms with Gasteiger partial charge in [-0.3, -0.25) is 4.79 Å². The number of fused-ring (bicyclic) bond motifs is 1. The molecule has 3 heterocycles. The molecule has 1 aromatic carbocycles. The number of nitrogens with zero attached hydrogens (tertiary/aromatic N) is 4. The summed E-state index contributed by atoms with van der Waals surface area (Å²) in [5.41, 5.74) is 2.40. The van der Waals surface area contributed by atoms with Gasteiger partial charge in [-0.2, -0.15) is 0 Å². The fourth-order valence-corrected chi connectivity index (χ4v) is 4.08. The van der Waals surface area contributed by atoms with Crippen LogP contribution < -0.4 is 4.74 Å². The molecule has 0 aliphatic carbocycles. The Morgan fingerprint density at radius 1 is 1.10 bits per heavy atom. The zero-order chi connectivity index (χ0) is 20.9. The molecule has 1 amide bonds. The third kappa shape index (κ3) is 4.40. The van der Waals surface area contributed by atoms with Gasteiger partial charge >= 0.3 is 0 Å². The number of rotatable bonds is 8. The SMILES string of the molecule is CC[C@@H]1c2cccn2CCN1C(=O)CCc1nnc(CCc2ccc(OC)cc2)o1. The second-order valence-corrected chi connectivity index (χ2v) is 7.58. The van der Waals surface area contributed by atoms with Gasteiger partial charge in [-0.1, -0.05) is 19.1 Å². The van der Waals surface area contributed by atoms with E-state index in [0.29, 0.717) is 31.0 Å². The Morgan fingerprint density at radius 2 is 1.87 bits per heavy atom. The molecule has 7 heteroatoms. The summed E-state index contributed by atoms with van der Waals surface area (Å²) >= 11 is 0. The van der Waals surface area contributed by atoms with Crippen molar-refractivity contribution in [3.63, 3.8) is 0 Å². The predicted molar refractivity (Wildman–Crippen MR) is 112 cm³/mol. The molecule has 3 aromatic rings. The maximum absolute atomic E-state index is 12.9. The first-order valence-corrected chi connectivity index (χ1v) is 10.6. The molecule has 0 unspecified atom stereocenters. The summed E-state index contributed by atoms with van der Waals surface area (Å²) in [7, 11) is 1.66. The Bertz CT molecular complexity index is 977. The molecule has 1 aliphatic rings. The van der Waals surface area contributed by atoms with Crippen LogP contribution in [-0.4, -0.2) is 39.2 Å². The Morgan fingerprint density at radius 3 is 2.60 bits per heavy atom. The summed E-state index contributed by atoms with van der Waals surface area (Å²) in [6.07, 6.45) is 5.35. The van der Waals surface area contributed by atoms with E-state index in [1.165, 1.54) is 11.3 Å². The first-order valence-electron chi connectivity index (χ1n) is 10.6. The molecule has 7 nitrogen and oxygen atoms in total. The number of hydrogen-bond donors (Lipinski definition) is 0. The van der Waals surface area contributed by atoms with Crippen LogP contribution in [0, 0.1) is 0 Å². The van der Waals surface area contributed by atoms with E-state index in [-0.39, 0.29) is 11.9 Å². The van der Waals surface area contributed by atoms with Crippen LogP contribution in [-0.2, 0) is 30.6 Å². The van der Waals surface area contributed by atoms with E-state index in [1.54, 1.807) is 7.11 Å². The second-order valence-electron chi connectivity index (χ2n) is 7.58. The van der Waals surface area contributed by atoms with Crippen molar-refractivity contribution < 1.29 is 13.9 Å². The number of carbonyl (C=O) groups excluding carboxylic acids is 1. The molecule has 30 heavy (non-hydrogen) atoms. The summed E-state index contributed by atoms with van der Waals surface area (Å²) in [4.78, 5) is 14.9. The molecule has 1 aliphatic heterocycles. The van der Waals surface area contributed by atoms with Crippen molar-refractivity contribution in [1.29, 1.82) is 0 Å². The quantitative estimate of drug-likeness (QED) is 0.569. The third-order valence-corrected chi connectivity index (χ3v) is 5.72. The number of hydrogen-bond acceptors (Lipinski definition) is 5. The molecule has 0 radical (unpaired) electrons. The molecule has 4 rings (SSSR count). The smallest absolute Gasteiger partial charge is 0.223 e. The molecule has 2 aromatic heterocycles. The van der Waals surface area contributed by atoms with E-state index in [2.05, 4.69) is 40.0 Å². The van der Waals surface area contributed by atoms with Crippen LogP contribution in [0.5, 0.6) is 5.75 Å². The standard InChI is InChI=1S/C23H28N4O3/c1-3-19-20-5-4-14-26(20)15-16-27(19)23(28)13-12-22-25-24-21(30-22)11-8-17-6-9-18(29-2)10-7-17/h4-7,9-10,14,19H,3,8,11-13,15-16H2,1-2H3/t19-/m1/s1. The normalized spacial score (nSPS) is 15.8. The number of aryl methyl sites for hydroxylation is 3. The fraction of sp³-hybridized carbons (Fsp3) is 0.435. The van der Waals surface area contributed by atoms with Gasteiger partial charge in [0.15, 0.2) is 0 Å². The van der Waals surface area contributed by atoms with Gasteiger partial charge in [0, 0.05) is 44.2 Å². The van der Waals surface area contributed by atoms with Crippen molar-refractivity contribution in [3.8, 4) is 5.75 Å². The van der Waals surface area contributed by atoms with Gasteiger partial charge in [-0.25, -0.2) is 0 Å². The molecule has 0 fully saturated rings. The molecule has 1 atom stereocenters. The number of methoxy groups -OCH3 is 1. The summed E-state index contributed by atoms with van der Waals surface area (Å²) < 4.78 is 13.2. The van der Waals surface area contributed by atoms with Gasteiger partial charge in [-0.15, -0.1) is 10.2 Å². The van der Waals surface area contributed by atoms with Crippen molar-refractivity contribution in [2.24, 2.45) is 0 Å². The summed E-state index contributed by atoms with van der Waals surface area (Å²) in [6, 6.07) is 12.3. The zero-order valence-electron chi connectivity index (χ0n) is 17.6. The molecule has 0 bridgehead atoms. The Kier molecular flexibility index (Phi) is 6.16.